The van der Waals surface area contributed by atoms with E-state index in [-0.39, 0.29) is 21.9 Å². The molecule has 0 fully saturated rings. The van der Waals surface area contributed by atoms with Gasteiger partial charge in [0, 0.05) is 18.1 Å². The Labute approximate surface area is 130 Å². The lowest BCUT2D eigenvalue weighted by Gasteiger charge is -2.18. The van der Waals surface area contributed by atoms with Crippen LogP contribution in [-0.4, -0.2) is 15.0 Å². The molecular formula is C13H20Cl2N2O2S. The van der Waals surface area contributed by atoms with Crippen molar-refractivity contribution in [2.24, 2.45) is 11.1 Å². The zero-order valence-electron chi connectivity index (χ0n) is 11.8. The van der Waals surface area contributed by atoms with E-state index in [1.807, 2.05) is 20.8 Å². The molecule has 114 valence electrons. The quantitative estimate of drug-likeness (QED) is 0.865. The molecule has 1 aromatic rings. The van der Waals surface area contributed by atoms with Gasteiger partial charge in [-0.25, -0.2) is 13.1 Å². The van der Waals surface area contributed by atoms with E-state index in [4.69, 9.17) is 28.9 Å². The van der Waals surface area contributed by atoms with Crippen LogP contribution in [0.4, 0.5) is 0 Å². The fourth-order valence-corrected chi connectivity index (χ4v) is 3.48. The van der Waals surface area contributed by atoms with Crippen molar-refractivity contribution in [1.29, 1.82) is 0 Å². The topological polar surface area (TPSA) is 72.2 Å². The van der Waals surface area contributed by atoms with Crippen molar-refractivity contribution in [2.45, 2.75) is 38.6 Å². The van der Waals surface area contributed by atoms with Crippen molar-refractivity contribution >= 4 is 33.2 Å². The van der Waals surface area contributed by atoms with Gasteiger partial charge in [0.05, 0.1) is 5.02 Å². The van der Waals surface area contributed by atoms with Crippen molar-refractivity contribution in [3.8, 4) is 0 Å². The van der Waals surface area contributed by atoms with Crippen molar-refractivity contribution in [1.82, 2.24) is 4.72 Å². The molecule has 0 atom stereocenters. The average molecular weight is 339 g/mol. The molecule has 0 aromatic heterocycles. The van der Waals surface area contributed by atoms with Gasteiger partial charge < -0.3 is 5.73 Å². The van der Waals surface area contributed by atoms with Crippen LogP contribution in [0.15, 0.2) is 17.0 Å². The third-order valence-corrected chi connectivity index (χ3v) is 5.06. The highest BCUT2D eigenvalue weighted by Crippen LogP contribution is 2.28. The molecule has 20 heavy (non-hydrogen) atoms. The van der Waals surface area contributed by atoms with Crippen LogP contribution in [0.5, 0.6) is 0 Å². The van der Waals surface area contributed by atoms with Crippen LogP contribution in [0, 0.1) is 5.41 Å². The zero-order valence-corrected chi connectivity index (χ0v) is 14.2. The van der Waals surface area contributed by atoms with E-state index in [2.05, 4.69) is 4.72 Å². The van der Waals surface area contributed by atoms with Crippen LogP contribution >= 0.6 is 23.2 Å². The second-order valence-electron chi connectivity index (χ2n) is 5.79. The third kappa shape index (κ3) is 4.90. The van der Waals surface area contributed by atoms with Gasteiger partial charge in [0.2, 0.25) is 10.0 Å². The number of sulfonamides is 1. The molecule has 0 unspecified atom stereocenters. The van der Waals surface area contributed by atoms with Crippen LogP contribution in [0.3, 0.4) is 0 Å². The minimum absolute atomic E-state index is 0.0120. The van der Waals surface area contributed by atoms with Gasteiger partial charge in [-0.3, -0.25) is 0 Å². The Morgan fingerprint density at radius 2 is 1.80 bits per heavy atom. The highest BCUT2D eigenvalue weighted by Gasteiger charge is 2.20. The van der Waals surface area contributed by atoms with Crippen molar-refractivity contribution in [2.75, 3.05) is 6.54 Å². The molecule has 0 aliphatic heterocycles. The molecule has 0 amide bonds. The van der Waals surface area contributed by atoms with Gasteiger partial charge in [-0.15, -0.1) is 0 Å². The number of nitrogens with one attached hydrogen (secondary N) is 1. The summed E-state index contributed by atoms with van der Waals surface area (Å²) >= 11 is 11.9. The summed E-state index contributed by atoms with van der Waals surface area (Å²) in [6.07, 6.45) is 0.723. The Morgan fingerprint density at radius 1 is 1.20 bits per heavy atom. The number of hydrogen-bond donors (Lipinski definition) is 2. The second kappa shape index (κ2) is 6.62. The molecule has 0 spiro atoms. The maximum Gasteiger partial charge on any atom is 0.242 e. The predicted molar refractivity (Wildman–Crippen MR) is 83.6 cm³/mol. The van der Waals surface area contributed by atoms with Gasteiger partial charge in [-0.2, -0.15) is 0 Å². The van der Waals surface area contributed by atoms with Gasteiger partial charge in [-0.05, 0) is 29.5 Å². The number of hydrogen-bond acceptors (Lipinski definition) is 3. The van der Waals surface area contributed by atoms with Gasteiger partial charge in [0.1, 0.15) is 4.90 Å². The highest BCUT2D eigenvalue weighted by atomic mass is 35.5. The summed E-state index contributed by atoms with van der Waals surface area (Å²) in [6.45, 7) is 6.64. The first kappa shape index (κ1) is 17.7. The first-order chi connectivity index (χ1) is 9.07. The monoisotopic (exact) mass is 338 g/mol. The summed E-state index contributed by atoms with van der Waals surface area (Å²) in [4.78, 5) is 0.0120. The SMILES string of the molecule is CC(C)(C)CCNS(=O)(=O)c1cc(CN)c(Cl)cc1Cl. The van der Waals surface area contributed by atoms with Crippen LogP contribution in [-0.2, 0) is 16.6 Å². The molecule has 0 aliphatic rings. The molecule has 0 heterocycles. The summed E-state index contributed by atoms with van der Waals surface area (Å²) < 4.78 is 27.0. The molecular weight excluding hydrogens is 319 g/mol. The number of rotatable bonds is 5. The smallest absolute Gasteiger partial charge is 0.242 e. The van der Waals surface area contributed by atoms with E-state index in [0.717, 1.165) is 6.42 Å². The molecule has 3 N–H and O–H groups in total. The van der Waals surface area contributed by atoms with E-state index in [1.165, 1.54) is 12.1 Å². The van der Waals surface area contributed by atoms with Crippen LogP contribution < -0.4 is 10.5 Å². The van der Waals surface area contributed by atoms with E-state index in [9.17, 15) is 8.42 Å². The molecule has 4 nitrogen and oxygen atoms in total. The van der Waals surface area contributed by atoms with Crippen molar-refractivity contribution in [3.63, 3.8) is 0 Å². The first-order valence-electron chi connectivity index (χ1n) is 6.24. The van der Waals surface area contributed by atoms with Crippen molar-refractivity contribution in [3.05, 3.63) is 27.7 Å². The van der Waals surface area contributed by atoms with Gasteiger partial charge in [0.15, 0.2) is 0 Å². The summed E-state index contributed by atoms with van der Waals surface area (Å²) in [5, 5.41) is 0.460. The lowest BCUT2D eigenvalue weighted by Crippen LogP contribution is -2.27. The Hall–Kier alpha value is -0.330. The minimum Gasteiger partial charge on any atom is -0.326 e. The molecule has 1 rings (SSSR count). The maximum atomic E-state index is 12.2. The normalized spacial score (nSPS) is 12.7. The van der Waals surface area contributed by atoms with Crippen LogP contribution in [0.1, 0.15) is 32.8 Å². The second-order valence-corrected chi connectivity index (χ2v) is 8.34. The summed E-state index contributed by atoms with van der Waals surface area (Å²) in [5.41, 5.74) is 6.13. The minimum atomic E-state index is -3.66. The molecule has 1 aromatic carbocycles. The average Bonchev–Trinajstić information content (AvgIpc) is 2.26. The molecule has 7 heteroatoms. The maximum absolute atomic E-state index is 12.2. The van der Waals surface area contributed by atoms with Gasteiger partial charge in [-0.1, -0.05) is 44.0 Å². The fourth-order valence-electron chi connectivity index (χ4n) is 1.57. The number of nitrogens with two attached hydrogens (primary N) is 1. The van der Waals surface area contributed by atoms with Crippen molar-refractivity contribution < 1.29 is 8.42 Å². The lowest BCUT2D eigenvalue weighted by atomic mass is 9.93. The van der Waals surface area contributed by atoms with E-state index >= 15 is 0 Å². The first-order valence-corrected chi connectivity index (χ1v) is 8.48. The largest absolute Gasteiger partial charge is 0.326 e. The predicted octanol–water partition coefficient (Wildman–Crippen LogP) is 3.17. The molecule has 0 radical (unpaired) electrons. The van der Waals surface area contributed by atoms with Gasteiger partial charge in [0.25, 0.3) is 0 Å². The third-order valence-electron chi connectivity index (χ3n) is 2.78. The van der Waals surface area contributed by atoms with Crippen LogP contribution in [0.2, 0.25) is 10.0 Å². The molecule has 0 bridgehead atoms. The Bertz CT molecular complexity index is 581. The summed E-state index contributed by atoms with van der Waals surface area (Å²) in [7, 11) is -3.66. The fraction of sp³-hybridized carbons (Fsp3) is 0.538. The van der Waals surface area contributed by atoms with Gasteiger partial charge >= 0.3 is 0 Å². The zero-order chi connectivity index (χ0) is 15.6. The van der Waals surface area contributed by atoms with Crippen LogP contribution in [0.25, 0.3) is 0 Å². The molecule has 0 aliphatic carbocycles. The Kier molecular flexibility index (Phi) is 5.87. The highest BCUT2D eigenvalue weighted by molar-refractivity contribution is 7.89. The molecule has 0 saturated carbocycles. The van der Waals surface area contributed by atoms with E-state index in [1.54, 1.807) is 0 Å². The van der Waals surface area contributed by atoms with E-state index in [0.29, 0.717) is 17.1 Å². The Morgan fingerprint density at radius 3 is 2.30 bits per heavy atom. The standard InChI is InChI=1S/C13H20Cl2N2O2S/c1-13(2,3)4-5-17-20(18,19)12-6-9(8-16)10(14)7-11(12)15/h6-7,17H,4-5,8,16H2,1-3H3. The van der Waals surface area contributed by atoms with E-state index < -0.39 is 10.0 Å². The summed E-state index contributed by atoms with van der Waals surface area (Å²) in [6, 6.07) is 2.83. The summed E-state index contributed by atoms with van der Waals surface area (Å²) in [5.74, 6) is 0. The molecule has 0 saturated heterocycles. The number of benzene rings is 1. The lowest BCUT2D eigenvalue weighted by molar-refractivity contribution is 0.378. The number of halogens is 2. The Balaban J connectivity index is 2.98.